The Morgan fingerprint density at radius 2 is 1.52 bits per heavy atom. The molecule has 1 aliphatic carbocycles. The number of anilines is 1. The molecule has 3 aromatic carbocycles. The van der Waals surface area contributed by atoms with E-state index in [1.165, 1.54) is 26.8 Å². The topological polar surface area (TPSA) is 26.0 Å². The minimum Gasteiger partial charge on any atom is -0.398 e. The van der Waals surface area contributed by atoms with Gasteiger partial charge in [-0.05, 0) is 57.7 Å². The van der Waals surface area contributed by atoms with Gasteiger partial charge in [-0.25, -0.2) is 0 Å². The third-order valence-corrected chi connectivity index (χ3v) is 5.50. The molecule has 0 atom stereocenters. The van der Waals surface area contributed by atoms with Crippen LogP contribution in [0.1, 0.15) is 17.5 Å². The number of nitrogen functional groups attached to an aromatic ring is 1. The van der Waals surface area contributed by atoms with Gasteiger partial charge in [0.15, 0.2) is 0 Å². The molecule has 1 nitrogen and oxygen atoms in total. The summed E-state index contributed by atoms with van der Waals surface area (Å²) < 4.78 is 0. The summed E-state index contributed by atoms with van der Waals surface area (Å²) in [4.78, 5) is 2.30. The van der Waals surface area contributed by atoms with E-state index in [-0.39, 0.29) is 0 Å². The number of nitrogens with two attached hydrogens (primary N) is 1. The largest absolute Gasteiger partial charge is 0.398 e. The van der Waals surface area contributed by atoms with E-state index in [0.717, 1.165) is 28.1 Å². The zero-order valence-electron chi connectivity index (χ0n) is 12.8. The molecule has 0 saturated carbocycles. The fourth-order valence-corrected chi connectivity index (χ4v) is 4.18. The van der Waals surface area contributed by atoms with Crippen molar-refractivity contribution in [2.45, 2.75) is 16.2 Å². The number of hydrogen-bond acceptors (Lipinski definition) is 2. The van der Waals surface area contributed by atoms with Crippen molar-refractivity contribution >= 4 is 39.4 Å². The minimum absolute atomic E-state index is 0.812. The van der Waals surface area contributed by atoms with E-state index >= 15 is 0 Å². The molecule has 112 valence electrons. The van der Waals surface area contributed by atoms with Gasteiger partial charge in [0.25, 0.3) is 0 Å². The van der Waals surface area contributed by atoms with Crippen LogP contribution in [0.25, 0.3) is 21.9 Å². The molecule has 0 unspecified atom stereocenters. The summed E-state index contributed by atoms with van der Waals surface area (Å²) in [5.41, 5.74) is 11.7. The van der Waals surface area contributed by atoms with Crippen molar-refractivity contribution in [3.63, 3.8) is 0 Å². The first-order valence-electron chi connectivity index (χ1n) is 7.59. The molecule has 0 bridgehead atoms. The summed E-state index contributed by atoms with van der Waals surface area (Å²) in [5.74, 6) is 0. The first-order chi connectivity index (χ1) is 11.1. The van der Waals surface area contributed by atoms with Crippen LogP contribution in [-0.2, 0) is 0 Å². The van der Waals surface area contributed by atoms with Crippen LogP contribution in [0.2, 0.25) is 0 Å². The van der Waals surface area contributed by atoms with Crippen molar-refractivity contribution in [1.29, 1.82) is 0 Å². The summed E-state index contributed by atoms with van der Waals surface area (Å²) >= 11 is 1.71. The fraction of sp³-hybridized carbons (Fsp3) is 0.0476. The molecular weight excluding hydrogens is 298 g/mol. The Bertz CT molecular complexity index is 948. The van der Waals surface area contributed by atoms with Crippen LogP contribution in [-0.4, -0.2) is 0 Å². The van der Waals surface area contributed by atoms with Crippen LogP contribution in [0.4, 0.5) is 5.69 Å². The summed E-state index contributed by atoms with van der Waals surface area (Å²) in [6, 6.07) is 18.8. The third-order valence-electron chi connectivity index (χ3n) is 4.33. The van der Waals surface area contributed by atoms with E-state index in [4.69, 9.17) is 5.73 Å². The Morgan fingerprint density at radius 1 is 0.783 bits per heavy atom. The van der Waals surface area contributed by atoms with Gasteiger partial charge in [-0.3, -0.25) is 0 Å². The summed E-state index contributed by atoms with van der Waals surface area (Å²) in [7, 11) is 0. The molecule has 0 saturated heterocycles. The Morgan fingerprint density at radius 3 is 2.30 bits per heavy atom. The number of para-hydroxylation sites is 1. The molecule has 0 fully saturated rings. The number of benzene rings is 3. The first-order valence-corrected chi connectivity index (χ1v) is 8.41. The van der Waals surface area contributed by atoms with Crippen molar-refractivity contribution in [2.24, 2.45) is 0 Å². The van der Waals surface area contributed by atoms with Gasteiger partial charge >= 0.3 is 0 Å². The van der Waals surface area contributed by atoms with E-state index in [2.05, 4.69) is 49.6 Å². The van der Waals surface area contributed by atoms with Gasteiger partial charge in [0.1, 0.15) is 0 Å². The monoisotopic (exact) mass is 315 g/mol. The number of rotatable bonds is 2. The van der Waals surface area contributed by atoms with E-state index < -0.39 is 0 Å². The van der Waals surface area contributed by atoms with Crippen LogP contribution in [0.5, 0.6) is 0 Å². The van der Waals surface area contributed by atoms with Crippen LogP contribution in [0.15, 0.2) is 77.5 Å². The smallest absolute Gasteiger partial charge is 0.0455 e. The maximum atomic E-state index is 6.10. The molecule has 3 aromatic rings. The van der Waals surface area contributed by atoms with Crippen LogP contribution >= 0.6 is 11.8 Å². The third kappa shape index (κ3) is 2.27. The van der Waals surface area contributed by atoms with Crippen molar-refractivity contribution in [3.8, 4) is 0 Å². The van der Waals surface area contributed by atoms with Gasteiger partial charge in [0.05, 0.1) is 0 Å². The lowest BCUT2D eigenvalue weighted by molar-refractivity contribution is 1.37. The molecule has 23 heavy (non-hydrogen) atoms. The quantitative estimate of drug-likeness (QED) is 0.587. The summed E-state index contributed by atoms with van der Waals surface area (Å²) in [5, 5.41) is 2.52. The van der Waals surface area contributed by atoms with E-state index in [9.17, 15) is 0 Å². The average Bonchev–Trinajstić information content (AvgIpc) is 2.55. The molecule has 0 heterocycles. The van der Waals surface area contributed by atoms with Crippen molar-refractivity contribution in [3.05, 3.63) is 78.9 Å². The molecular formula is C21H17NS. The lowest BCUT2D eigenvalue weighted by Crippen LogP contribution is -1.99. The Balaban J connectivity index is 1.94. The average molecular weight is 315 g/mol. The molecule has 2 N–H and O–H groups in total. The van der Waals surface area contributed by atoms with E-state index in [1.807, 2.05) is 18.2 Å². The maximum absolute atomic E-state index is 6.10. The molecule has 0 radical (unpaired) electrons. The predicted molar refractivity (Wildman–Crippen MR) is 102 cm³/mol. The summed E-state index contributed by atoms with van der Waals surface area (Å²) in [6.45, 7) is 8.46. The minimum atomic E-state index is 0.812. The first kappa shape index (κ1) is 14.2. The standard InChI is InChI=1S/C21H17NS/c1-13-12-14(2)16-10-11-19(17-7-5-6-15(13)21(16)17)23-20-9-4-3-8-18(20)22/h3-11H,1-2,12,22H2. The normalized spacial score (nSPS) is 13.6. The fourth-order valence-electron chi connectivity index (χ4n) is 3.20. The molecule has 1 aliphatic rings. The molecule has 0 amide bonds. The molecule has 4 rings (SSSR count). The Labute approximate surface area is 140 Å². The highest BCUT2D eigenvalue weighted by Gasteiger charge is 2.19. The van der Waals surface area contributed by atoms with Gasteiger partial charge < -0.3 is 5.73 Å². The Hall–Kier alpha value is -2.45. The maximum Gasteiger partial charge on any atom is 0.0455 e. The molecule has 0 aliphatic heterocycles. The SMILES string of the molecule is C=C1CC(=C)c2ccc(Sc3ccccc3N)c3cccc1c23. The van der Waals surface area contributed by atoms with Gasteiger partial charge in [0, 0.05) is 15.5 Å². The second-order valence-electron chi connectivity index (χ2n) is 5.86. The lowest BCUT2D eigenvalue weighted by atomic mass is 9.83. The highest BCUT2D eigenvalue weighted by atomic mass is 32.2. The summed E-state index contributed by atoms with van der Waals surface area (Å²) in [6.07, 6.45) is 0.851. The van der Waals surface area contributed by atoms with Crippen LogP contribution < -0.4 is 5.73 Å². The highest BCUT2D eigenvalue weighted by Crippen LogP contribution is 2.45. The zero-order chi connectivity index (χ0) is 16.0. The van der Waals surface area contributed by atoms with Crippen molar-refractivity contribution < 1.29 is 0 Å². The second-order valence-corrected chi connectivity index (χ2v) is 6.95. The molecule has 0 spiro atoms. The zero-order valence-corrected chi connectivity index (χ0v) is 13.6. The van der Waals surface area contributed by atoms with Gasteiger partial charge in [-0.2, -0.15) is 0 Å². The van der Waals surface area contributed by atoms with Gasteiger partial charge in [-0.15, -0.1) is 0 Å². The molecule has 0 aromatic heterocycles. The van der Waals surface area contributed by atoms with Crippen LogP contribution in [0, 0.1) is 0 Å². The van der Waals surface area contributed by atoms with Crippen molar-refractivity contribution in [2.75, 3.05) is 5.73 Å². The van der Waals surface area contributed by atoms with Gasteiger partial charge in [0.2, 0.25) is 0 Å². The van der Waals surface area contributed by atoms with Gasteiger partial charge in [-0.1, -0.05) is 61.3 Å². The lowest BCUT2D eigenvalue weighted by Gasteiger charge is -2.22. The van der Waals surface area contributed by atoms with Crippen LogP contribution in [0.3, 0.4) is 0 Å². The number of allylic oxidation sites excluding steroid dienone is 2. The molecule has 2 heteroatoms. The Kier molecular flexibility index (Phi) is 3.28. The highest BCUT2D eigenvalue weighted by molar-refractivity contribution is 7.99. The number of hydrogen-bond donors (Lipinski definition) is 1. The van der Waals surface area contributed by atoms with E-state index in [1.54, 1.807) is 11.8 Å². The second kappa shape index (κ2) is 5.32. The predicted octanol–water partition coefficient (Wildman–Crippen LogP) is 6.00. The van der Waals surface area contributed by atoms with E-state index in [0.29, 0.717) is 0 Å². The van der Waals surface area contributed by atoms with Crippen molar-refractivity contribution in [1.82, 2.24) is 0 Å².